The molecule has 1 unspecified atom stereocenters. The van der Waals surface area contributed by atoms with Gasteiger partial charge in [0.2, 0.25) is 5.56 Å². The third kappa shape index (κ3) is 3.86. The van der Waals surface area contributed by atoms with Gasteiger partial charge in [0.1, 0.15) is 0 Å². The second-order valence-electron chi connectivity index (χ2n) is 3.83. The number of H-pyrrole nitrogens is 1. The summed E-state index contributed by atoms with van der Waals surface area (Å²) in [7, 11) is 0. The van der Waals surface area contributed by atoms with Gasteiger partial charge < -0.3 is 16.0 Å². The largest absolute Gasteiger partial charge is 0.352 e. The van der Waals surface area contributed by atoms with Gasteiger partial charge in [-0.25, -0.2) is 0 Å². The first-order valence-electron chi connectivity index (χ1n) is 5.30. The first-order valence-corrected chi connectivity index (χ1v) is 5.30. The Labute approximate surface area is 94.1 Å². The van der Waals surface area contributed by atoms with Crippen LogP contribution in [0.15, 0.2) is 23.1 Å². The number of amides is 1. The van der Waals surface area contributed by atoms with Gasteiger partial charge in [-0.1, -0.05) is 6.92 Å². The number of carbonyl (C=O) groups is 1. The zero-order valence-electron chi connectivity index (χ0n) is 9.32. The zero-order valence-corrected chi connectivity index (χ0v) is 9.32. The lowest BCUT2D eigenvalue weighted by Crippen LogP contribution is -2.29. The minimum Gasteiger partial charge on any atom is -0.352 e. The molecule has 1 amide bonds. The Balaban J connectivity index is 2.46. The monoisotopic (exact) mass is 223 g/mol. The molecule has 0 fully saturated rings. The number of nitrogens with two attached hydrogens (primary N) is 1. The van der Waals surface area contributed by atoms with E-state index in [4.69, 9.17) is 5.73 Å². The van der Waals surface area contributed by atoms with Crippen molar-refractivity contribution < 1.29 is 4.79 Å². The Hall–Kier alpha value is -1.62. The van der Waals surface area contributed by atoms with Crippen molar-refractivity contribution in [3.63, 3.8) is 0 Å². The van der Waals surface area contributed by atoms with Gasteiger partial charge in [0.05, 0.1) is 5.56 Å². The lowest BCUT2D eigenvalue weighted by atomic mass is 10.1. The molecule has 4 N–H and O–H groups in total. The predicted octanol–water partition coefficient (Wildman–Crippen LogP) is 0.0896. The van der Waals surface area contributed by atoms with Crippen LogP contribution in [0.25, 0.3) is 0 Å². The first kappa shape index (κ1) is 12.4. The molecule has 5 nitrogen and oxygen atoms in total. The summed E-state index contributed by atoms with van der Waals surface area (Å²) in [5, 5.41) is 2.79. The van der Waals surface area contributed by atoms with Gasteiger partial charge in [0.25, 0.3) is 5.91 Å². The molecule has 1 atom stereocenters. The van der Waals surface area contributed by atoms with E-state index in [1.165, 1.54) is 18.3 Å². The van der Waals surface area contributed by atoms with E-state index in [9.17, 15) is 9.59 Å². The molecule has 0 radical (unpaired) electrons. The van der Waals surface area contributed by atoms with Crippen molar-refractivity contribution in [1.82, 2.24) is 10.3 Å². The zero-order chi connectivity index (χ0) is 12.0. The third-order valence-electron chi connectivity index (χ3n) is 2.32. The van der Waals surface area contributed by atoms with Gasteiger partial charge in [0, 0.05) is 18.8 Å². The van der Waals surface area contributed by atoms with Crippen LogP contribution in [-0.2, 0) is 0 Å². The molecule has 1 heterocycles. The van der Waals surface area contributed by atoms with Crippen molar-refractivity contribution in [2.75, 3.05) is 13.1 Å². The Morgan fingerprint density at radius 3 is 2.88 bits per heavy atom. The topological polar surface area (TPSA) is 88.0 Å². The molecule has 0 saturated carbocycles. The molecule has 0 aliphatic rings. The smallest absolute Gasteiger partial charge is 0.252 e. The predicted molar refractivity (Wildman–Crippen MR) is 62.2 cm³/mol. The van der Waals surface area contributed by atoms with E-state index >= 15 is 0 Å². The van der Waals surface area contributed by atoms with Gasteiger partial charge in [-0.05, 0) is 24.9 Å². The second-order valence-corrected chi connectivity index (χ2v) is 3.83. The highest BCUT2D eigenvalue weighted by Gasteiger charge is 2.07. The summed E-state index contributed by atoms with van der Waals surface area (Å²) in [5.74, 6) is 0.178. The normalized spacial score (nSPS) is 12.1. The van der Waals surface area contributed by atoms with Crippen molar-refractivity contribution in [3.05, 3.63) is 34.2 Å². The molecular weight excluding hydrogens is 206 g/mol. The van der Waals surface area contributed by atoms with E-state index in [1.807, 2.05) is 6.92 Å². The van der Waals surface area contributed by atoms with Crippen LogP contribution >= 0.6 is 0 Å². The van der Waals surface area contributed by atoms with Crippen molar-refractivity contribution in [2.24, 2.45) is 11.7 Å². The molecule has 5 heteroatoms. The van der Waals surface area contributed by atoms with E-state index in [1.54, 1.807) is 0 Å². The van der Waals surface area contributed by atoms with E-state index in [2.05, 4.69) is 10.3 Å². The van der Waals surface area contributed by atoms with Gasteiger partial charge in [-0.3, -0.25) is 9.59 Å². The molecule has 1 aromatic rings. The maximum absolute atomic E-state index is 11.6. The van der Waals surface area contributed by atoms with Gasteiger partial charge in [0.15, 0.2) is 0 Å². The summed E-state index contributed by atoms with van der Waals surface area (Å²) in [6.45, 7) is 3.24. The summed E-state index contributed by atoms with van der Waals surface area (Å²) in [6.07, 6.45) is 2.29. The van der Waals surface area contributed by atoms with E-state index < -0.39 is 0 Å². The van der Waals surface area contributed by atoms with Gasteiger partial charge in [-0.15, -0.1) is 0 Å². The summed E-state index contributed by atoms with van der Waals surface area (Å²) in [4.78, 5) is 24.9. The SMILES string of the molecule is CC(CCN)CNC(=O)c1ccc(=O)[nH]c1. The molecule has 16 heavy (non-hydrogen) atoms. The molecule has 0 spiro atoms. The maximum atomic E-state index is 11.6. The van der Waals surface area contributed by atoms with Crippen LogP contribution in [0.1, 0.15) is 23.7 Å². The molecule has 0 bridgehead atoms. The number of pyridine rings is 1. The summed E-state index contributed by atoms with van der Waals surface area (Å²) < 4.78 is 0. The highest BCUT2D eigenvalue weighted by Crippen LogP contribution is 1.99. The Kier molecular flexibility index (Phi) is 4.72. The summed E-state index contributed by atoms with van der Waals surface area (Å²) >= 11 is 0. The lowest BCUT2D eigenvalue weighted by molar-refractivity contribution is 0.0947. The Morgan fingerprint density at radius 2 is 2.31 bits per heavy atom. The number of hydrogen-bond acceptors (Lipinski definition) is 3. The molecule has 1 rings (SSSR count). The number of aromatic nitrogens is 1. The maximum Gasteiger partial charge on any atom is 0.252 e. The van der Waals surface area contributed by atoms with Crippen LogP contribution in [0, 0.1) is 5.92 Å². The van der Waals surface area contributed by atoms with E-state index in [0.717, 1.165) is 6.42 Å². The van der Waals surface area contributed by atoms with Gasteiger partial charge >= 0.3 is 0 Å². The van der Waals surface area contributed by atoms with Crippen molar-refractivity contribution in [3.8, 4) is 0 Å². The van der Waals surface area contributed by atoms with Crippen molar-refractivity contribution in [2.45, 2.75) is 13.3 Å². The minimum absolute atomic E-state index is 0.180. The summed E-state index contributed by atoms with van der Waals surface area (Å²) in [5.41, 5.74) is 5.65. The Bertz CT molecular complexity index is 380. The number of carbonyl (C=O) groups excluding carboxylic acids is 1. The Morgan fingerprint density at radius 1 is 1.56 bits per heavy atom. The molecule has 0 saturated heterocycles. The fourth-order valence-corrected chi connectivity index (χ4v) is 1.31. The quantitative estimate of drug-likeness (QED) is 0.661. The first-order chi connectivity index (χ1) is 7.63. The second kappa shape index (κ2) is 6.07. The van der Waals surface area contributed by atoms with Crippen LogP contribution in [-0.4, -0.2) is 24.0 Å². The van der Waals surface area contributed by atoms with Crippen LogP contribution in [0.5, 0.6) is 0 Å². The van der Waals surface area contributed by atoms with E-state index in [0.29, 0.717) is 24.6 Å². The molecule has 88 valence electrons. The number of rotatable bonds is 5. The molecule has 0 aliphatic carbocycles. The van der Waals surface area contributed by atoms with Crippen LogP contribution in [0.4, 0.5) is 0 Å². The van der Waals surface area contributed by atoms with Crippen LogP contribution < -0.4 is 16.6 Å². The van der Waals surface area contributed by atoms with Crippen molar-refractivity contribution in [1.29, 1.82) is 0 Å². The minimum atomic E-state index is -0.215. The molecule has 0 aromatic carbocycles. The van der Waals surface area contributed by atoms with E-state index in [-0.39, 0.29) is 11.5 Å². The molecule has 0 aliphatic heterocycles. The third-order valence-corrected chi connectivity index (χ3v) is 2.32. The summed E-state index contributed by atoms with van der Waals surface area (Å²) in [6, 6.07) is 2.83. The number of aromatic amines is 1. The van der Waals surface area contributed by atoms with Gasteiger partial charge in [-0.2, -0.15) is 0 Å². The average molecular weight is 223 g/mol. The van der Waals surface area contributed by atoms with Crippen LogP contribution in [0.3, 0.4) is 0 Å². The lowest BCUT2D eigenvalue weighted by Gasteiger charge is -2.11. The molecule has 1 aromatic heterocycles. The fourth-order valence-electron chi connectivity index (χ4n) is 1.31. The highest BCUT2D eigenvalue weighted by atomic mass is 16.1. The average Bonchev–Trinajstić information content (AvgIpc) is 2.27. The van der Waals surface area contributed by atoms with Crippen molar-refractivity contribution >= 4 is 5.91 Å². The fraction of sp³-hybridized carbons (Fsp3) is 0.455. The van der Waals surface area contributed by atoms with Crippen LogP contribution in [0.2, 0.25) is 0 Å². The number of hydrogen-bond donors (Lipinski definition) is 3. The highest BCUT2D eigenvalue weighted by molar-refractivity contribution is 5.93. The molecular formula is C11H17N3O2. The standard InChI is InChI=1S/C11H17N3O2/c1-8(4-5-12)6-14-11(16)9-2-3-10(15)13-7-9/h2-3,7-8H,4-6,12H2,1H3,(H,13,15)(H,14,16). The number of nitrogens with one attached hydrogen (secondary N) is 2.